The van der Waals surface area contributed by atoms with E-state index in [9.17, 15) is 0 Å². The molecule has 1 aromatic heterocycles. The van der Waals surface area contributed by atoms with Crippen molar-refractivity contribution in [1.82, 2.24) is 9.97 Å². The molecule has 0 fully saturated rings. The van der Waals surface area contributed by atoms with Crippen LogP contribution in [0.2, 0.25) is 0 Å². The van der Waals surface area contributed by atoms with E-state index >= 15 is 0 Å². The zero-order valence-electron chi connectivity index (χ0n) is 9.30. The molecule has 0 spiro atoms. The van der Waals surface area contributed by atoms with Crippen molar-refractivity contribution >= 4 is 21.9 Å². The minimum Gasteiger partial charge on any atom is -0.438 e. The highest BCUT2D eigenvalue weighted by Gasteiger charge is 2.07. The number of benzene rings is 1. The third kappa shape index (κ3) is 2.95. The molecule has 0 amide bonds. The van der Waals surface area contributed by atoms with Gasteiger partial charge in [-0.15, -0.1) is 0 Å². The Morgan fingerprint density at radius 3 is 3.00 bits per heavy atom. The fourth-order valence-corrected chi connectivity index (χ4v) is 1.58. The summed E-state index contributed by atoms with van der Waals surface area (Å²) in [5, 5.41) is 9.05. The zero-order valence-corrected chi connectivity index (χ0v) is 10.9. The fraction of sp³-hybridized carbons (Fsp3) is 0.0909. The third-order valence-corrected chi connectivity index (χ3v) is 2.68. The van der Waals surface area contributed by atoms with Gasteiger partial charge in [-0.25, -0.2) is 10.8 Å². The first-order valence-corrected chi connectivity index (χ1v) is 5.89. The number of aliphatic hydroxyl groups excluding tert-OH is 1. The Morgan fingerprint density at radius 1 is 1.44 bits per heavy atom. The van der Waals surface area contributed by atoms with Crippen LogP contribution in [0.5, 0.6) is 11.6 Å². The molecule has 0 unspecified atom stereocenters. The summed E-state index contributed by atoms with van der Waals surface area (Å²) in [7, 11) is 0. The summed E-state index contributed by atoms with van der Waals surface area (Å²) in [6.07, 6.45) is 1.54. The maximum atomic E-state index is 9.05. The monoisotopic (exact) mass is 310 g/mol. The number of hydrogen-bond donors (Lipinski definition) is 3. The van der Waals surface area contributed by atoms with Crippen molar-refractivity contribution in [2.75, 3.05) is 5.43 Å². The number of nitrogens with zero attached hydrogens (tertiary/aromatic N) is 2. The Hall–Kier alpha value is -1.70. The first-order chi connectivity index (χ1) is 8.72. The molecule has 18 heavy (non-hydrogen) atoms. The second-order valence-corrected chi connectivity index (χ2v) is 4.25. The van der Waals surface area contributed by atoms with Crippen LogP contribution in [0, 0.1) is 0 Å². The standard InChI is InChI=1S/C11H11BrN4O2/c12-9-5-14-11(16-13)15-10(9)18-8-3-1-2-7(4-8)6-17/h1-5,17H,6,13H2,(H,14,15,16). The number of nitrogen functional groups attached to an aromatic ring is 1. The molecule has 0 aliphatic heterocycles. The Kier molecular flexibility index (Phi) is 4.08. The Balaban J connectivity index is 2.27. The van der Waals surface area contributed by atoms with Gasteiger partial charge in [0.1, 0.15) is 5.75 Å². The number of aliphatic hydroxyl groups is 1. The second-order valence-electron chi connectivity index (χ2n) is 3.40. The Bertz CT molecular complexity index is 550. The molecular weight excluding hydrogens is 300 g/mol. The number of ether oxygens (including phenoxy) is 1. The van der Waals surface area contributed by atoms with Crippen molar-refractivity contribution in [2.24, 2.45) is 5.84 Å². The van der Waals surface area contributed by atoms with Crippen molar-refractivity contribution in [2.45, 2.75) is 6.61 Å². The second kappa shape index (κ2) is 5.76. The van der Waals surface area contributed by atoms with Crippen LogP contribution in [0.3, 0.4) is 0 Å². The van der Waals surface area contributed by atoms with Gasteiger partial charge in [0, 0.05) is 0 Å². The lowest BCUT2D eigenvalue weighted by Crippen LogP contribution is -2.10. The van der Waals surface area contributed by atoms with Gasteiger partial charge >= 0.3 is 0 Å². The summed E-state index contributed by atoms with van der Waals surface area (Å²) in [5.41, 5.74) is 3.10. The van der Waals surface area contributed by atoms with E-state index in [1.54, 1.807) is 24.3 Å². The van der Waals surface area contributed by atoms with Gasteiger partial charge in [-0.05, 0) is 33.6 Å². The predicted molar refractivity (Wildman–Crippen MR) is 70.0 cm³/mol. The van der Waals surface area contributed by atoms with E-state index in [0.717, 1.165) is 5.56 Å². The molecule has 0 radical (unpaired) electrons. The summed E-state index contributed by atoms with van der Waals surface area (Å²) in [6, 6.07) is 7.08. The number of halogens is 1. The largest absolute Gasteiger partial charge is 0.438 e. The van der Waals surface area contributed by atoms with Crippen LogP contribution in [-0.4, -0.2) is 15.1 Å². The highest BCUT2D eigenvalue weighted by atomic mass is 79.9. The van der Waals surface area contributed by atoms with Gasteiger partial charge in [-0.2, -0.15) is 4.98 Å². The number of hydrazine groups is 1. The number of aromatic nitrogens is 2. The van der Waals surface area contributed by atoms with E-state index in [2.05, 4.69) is 31.3 Å². The smallest absolute Gasteiger partial charge is 0.240 e. The normalized spacial score (nSPS) is 10.2. The highest BCUT2D eigenvalue weighted by Crippen LogP contribution is 2.28. The van der Waals surface area contributed by atoms with E-state index in [1.165, 1.54) is 6.20 Å². The topological polar surface area (TPSA) is 93.3 Å². The lowest BCUT2D eigenvalue weighted by atomic mass is 10.2. The maximum absolute atomic E-state index is 9.05. The van der Waals surface area contributed by atoms with Crippen LogP contribution < -0.4 is 16.0 Å². The fourth-order valence-electron chi connectivity index (χ4n) is 1.31. The average molecular weight is 311 g/mol. The van der Waals surface area contributed by atoms with Crippen LogP contribution in [0.1, 0.15) is 5.56 Å². The van der Waals surface area contributed by atoms with Crippen molar-refractivity contribution in [3.63, 3.8) is 0 Å². The van der Waals surface area contributed by atoms with Crippen molar-refractivity contribution in [1.29, 1.82) is 0 Å². The van der Waals surface area contributed by atoms with E-state index in [4.69, 9.17) is 15.7 Å². The van der Waals surface area contributed by atoms with Crippen LogP contribution in [-0.2, 0) is 6.61 Å². The summed E-state index contributed by atoms with van der Waals surface area (Å²) in [6.45, 7) is -0.0439. The molecule has 1 heterocycles. The summed E-state index contributed by atoms with van der Waals surface area (Å²) in [4.78, 5) is 7.98. The van der Waals surface area contributed by atoms with Gasteiger partial charge in [-0.1, -0.05) is 12.1 Å². The van der Waals surface area contributed by atoms with Crippen LogP contribution in [0.4, 0.5) is 5.95 Å². The molecule has 0 bridgehead atoms. The summed E-state index contributed by atoms with van der Waals surface area (Å²) in [5.74, 6) is 6.40. The van der Waals surface area contributed by atoms with Gasteiger partial charge in [0.2, 0.25) is 11.8 Å². The number of anilines is 1. The van der Waals surface area contributed by atoms with Crippen LogP contribution in [0.15, 0.2) is 34.9 Å². The molecule has 1 aromatic carbocycles. The molecule has 0 aliphatic rings. The van der Waals surface area contributed by atoms with E-state index in [0.29, 0.717) is 16.1 Å². The molecule has 94 valence electrons. The number of nitrogens with one attached hydrogen (secondary N) is 1. The molecule has 0 atom stereocenters. The Morgan fingerprint density at radius 2 is 2.28 bits per heavy atom. The molecule has 2 rings (SSSR count). The van der Waals surface area contributed by atoms with Crippen molar-refractivity contribution < 1.29 is 9.84 Å². The Labute approximate surface area is 112 Å². The van der Waals surface area contributed by atoms with Gasteiger partial charge in [0.25, 0.3) is 0 Å². The summed E-state index contributed by atoms with van der Waals surface area (Å²) >= 11 is 3.28. The third-order valence-electron chi connectivity index (χ3n) is 2.14. The number of rotatable bonds is 4. The lowest BCUT2D eigenvalue weighted by Gasteiger charge is -2.08. The van der Waals surface area contributed by atoms with E-state index in [1.807, 2.05) is 0 Å². The highest BCUT2D eigenvalue weighted by molar-refractivity contribution is 9.10. The molecular formula is C11H11BrN4O2. The van der Waals surface area contributed by atoms with Gasteiger partial charge in [0.05, 0.1) is 17.3 Å². The number of hydrogen-bond acceptors (Lipinski definition) is 6. The van der Waals surface area contributed by atoms with Gasteiger partial charge in [0.15, 0.2) is 0 Å². The number of nitrogens with two attached hydrogens (primary N) is 1. The van der Waals surface area contributed by atoms with Crippen molar-refractivity contribution in [3.05, 3.63) is 40.5 Å². The molecule has 0 saturated carbocycles. The SMILES string of the molecule is NNc1ncc(Br)c(Oc2cccc(CO)c2)n1. The van der Waals surface area contributed by atoms with Gasteiger partial charge < -0.3 is 9.84 Å². The van der Waals surface area contributed by atoms with Gasteiger partial charge in [-0.3, -0.25) is 5.43 Å². The van der Waals surface area contributed by atoms with E-state index < -0.39 is 0 Å². The molecule has 4 N–H and O–H groups in total. The molecule has 0 aliphatic carbocycles. The minimum atomic E-state index is -0.0439. The molecule has 0 saturated heterocycles. The lowest BCUT2D eigenvalue weighted by molar-refractivity contribution is 0.281. The van der Waals surface area contributed by atoms with E-state index in [-0.39, 0.29) is 12.6 Å². The van der Waals surface area contributed by atoms with Crippen molar-refractivity contribution in [3.8, 4) is 11.6 Å². The molecule has 2 aromatic rings. The maximum Gasteiger partial charge on any atom is 0.240 e. The average Bonchev–Trinajstić information content (AvgIpc) is 2.41. The first kappa shape index (κ1) is 12.7. The van der Waals surface area contributed by atoms with Crippen LogP contribution >= 0.6 is 15.9 Å². The first-order valence-electron chi connectivity index (χ1n) is 5.09. The molecule has 6 nitrogen and oxygen atoms in total. The predicted octanol–water partition coefficient (Wildman–Crippen LogP) is 1.81. The molecule has 7 heteroatoms. The quantitative estimate of drug-likeness (QED) is 0.589. The minimum absolute atomic E-state index is 0.0439. The zero-order chi connectivity index (χ0) is 13.0. The summed E-state index contributed by atoms with van der Waals surface area (Å²) < 4.78 is 6.20. The van der Waals surface area contributed by atoms with Crippen LogP contribution in [0.25, 0.3) is 0 Å².